The minimum absolute atomic E-state index is 0.144. The number of nitrogens with zero attached hydrogens (tertiary/aromatic N) is 1. The molecule has 1 saturated heterocycles. The highest BCUT2D eigenvalue weighted by Gasteiger charge is 2.44. The van der Waals surface area contributed by atoms with Gasteiger partial charge in [-0.05, 0) is 6.92 Å². The van der Waals surface area contributed by atoms with Crippen molar-refractivity contribution in [2.75, 3.05) is 6.61 Å². The molecule has 0 spiro atoms. The topological polar surface area (TPSA) is 121 Å². The Morgan fingerprint density at radius 2 is 2.00 bits per heavy atom. The van der Waals surface area contributed by atoms with E-state index in [0.717, 1.165) is 4.90 Å². The van der Waals surface area contributed by atoms with E-state index in [9.17, 15) is 20.1 Å². The van der Waals surface area contributed by atoms with E-state index in [-0.39, 0.29) is 6.42 Å². The smallest absolute Gasteiger partial charge is 0.320 e. The van der Waals surface area contributed by atoms with Crippen LogP contribution in [0.4, 0.5) is 0 Å². The number of aliphatic hydroxyl groups excluding tert-OH is 4. The Bertz CT molecular complexity index is 260. The molecule has 1 fully saturated rings. The quantitative estimate of drug-likeness (QED) is 0.368. The molecule has 5 N–H and O–H groups in total. The molecule has 0 aromatic carbocycles. The molecule has 0 amide bonds. The predicted molar refractivity (Wildman–Crippen MR) is 52.4 cm³/mol. The second kappa shape index (κ2) is 5.07. The normalized spacial score (nSPS) is 38.3. The molecule has 0 bridgehead atoms. The summed E-state index contributed by atoms with van der Waals surface area (Å²) in [6, 6.07) is -2.03. The van der Waals surface area contributed by atoms with E-state index in [1.54, 1.807) is 0 Å². The third kappa shape index (κ3) is 2.33. The van der Waals surface area contributed by atoms with Crippen LogP contribution < -0.4 is 0 Å². The van der Waals surface area contributed by atoms with Gasteiger partial charge < -0.3 is 25.5 Å². The zero-order chi connectivity index (χ0) is 12.5. The Labute approximate surface area is 92.5 Å². The third-order valence-electron chi connectivity index (χ3n) is 2.96. The maximum Gasteiger partial charge on any atom is 0.320 e. The van der Waals surface area contributed by atoms with Gasteiger partial charge in [0.15, 0.2) is 0 Å². The third-order valence-corrected chi connectivity index (χ3v) is 2.96. The first-order valence-corrected chi connectivity index (χ1v) is 5.05. The van der Waals surface area contributed by atoms with E-state index < -0.39 is 43.1 Å². The molecule has 7 nitrogen and oxygen atoms in total. The largest absolute Gasteiger partial charge is 0.480 e. The lowest BCUT2D eigenvalue weighted by Gasteiger charge is -2.45. The molecule has 1 heterocycles. The fourth-order valence-corrected chi connectivity index (χ4v) is 2.01. The Hall–Kier alpha value is -0.730. The first-order valence-electron chi connectivity index (χ1n) is 5.05. The molecule has 5 unspecified atom stereocenters. The van der Waals surface area contributed by atoms with E-state index in [1.165, 1.54) is 6.92 Å². The molecule has 16 heavy (non-hydrogen) atoms. The van der Waals surface area contributed by atoms with E-state index in [1.807, 2.05) is 0 Å². The molecule has 94 valence electrons. The molecular weight excluding hydrogens is 218 g/mol. The van der Waals surface area contributed by atoms with Gasteiger partial charge in [-0.25, -0.2) is 0 Å². The molecule has 1 aliphatic heterocycles. The van der Waals surface area contributed by atoms with Crippen molar-refractivity contribution in [1.29, 1.82) is 0 Å². The zero-order valence-electron chi connectivity index (χ0n) is 8.89. The molecule has 1 aliphatic rings. The number of hydrogen-bond acceptors (Lipinski definition) is 6. The summed E-state index contributed by atoms with van der Waals surface area (Å²) in [5, 5.41) is 46.6. The van der Waals surface area contributed by atoms with Gasteiger partial charge in [0.05, 0.1) is 24.9 Å². The average Bonchev–Trinajstić information content (AvgIpc) is 2.21. The Kier molecular flexibility index (Phi) is 4.22. The second-order valence-corrected chi connectivity index (χ2v) is 3.99. The average molecular weight is 235 g/mol. The predicted octanol–water partition coefficient (Wildman–Crippen LogP) is -2.43. The number of likely N-dealkylation sites (tertiary alicyclic amines) is 1. The number of aliphatic hydroxyl groups is 4. The number of hydrogen-bond donors (Lipinski definition) is 5. The van der Waals surface area contributed by atoms with Crippen LogP contribution in [0.1, 0.15) is 13.3 Å². The first kappa shape index (κ1) is 13.3. The van der Waals surface area contributed by atoms with Crippen molar-refractivity contribution < 1.29 is 30.3 Å². The Balaban J connectivity index is 2.90. The van der Waals surface area contributed by atoms with Gasteiger partial charge >= 0.3 is 5.97 Å². The van der Waals surface area contributed by atoms with E-state index in [4.69, 9.17) is 10.2 Å². The fraction of sp³-hybridized carbons (Fsp3) is 0.889. The molecular formula is C9H17NO6. The van der Waals surface area contributed by atoms with Gasteiger partial charge in [0.1, 0.15) is 12.3 Å². The summed E-state index contributed by atoms with van der Waals surface area (Å²) in [5.74, 6) is -1.17. The van der Waals surface area contributed by atoms with Crippen LogP contribution in [0.2, 0.25) is 0 Å². The molecule has 0 aliphatic carbocycles. The highest BCUT2D eigenvalue weighted by atomic mass is 16.4. The number of piperidine rings is 1. The molecule has 1 rings (SSSR count). The summed E-state index contributed by atoms with van der Waals surface area (Å²) < 4.78 is 0. The van der Waals surface area contributed by atoms with Crippen molar-refractivity contribution in [1.82, 2.24) is 4.90 Å². The minimum atomic E-state index is -1.27. The van der Waals surface area contributed by atoms with Gasteiger partial charge in [-0.15, -0.1) is 0 Å². The van der Waals surface area contributed by atoms with E-state index in [0.29, 0.717) is 0 Å². The second-order valence-electron chi connectivity index (χ2n) is 3.99. The number of carbonyl (C=O) groups is 1. The summed E-state index contributed by atoms with van der Waals surface area (Å²) in [6.45, 7) is 0.811. The lowest BCUT2D eigenvalue weighted by molar-refractivity contribution is -0.186. The molecule has 0 saturated carbocycles. The summed E-state index contributed by atoms with van der Waals surface area (Å²) in [4.78, 5) is 11.9. The number of carboxylic acid groups (broad SMARTS) is 1. The van der Waals surface area contributed by atoms with Crippen LogP contribution in [0.3, 0.4) is 0 Å². The standard InChI is InChI=1S/C9H17NO6/c1-4(9(15)16)10-5(3-11)8(14)6(12)2-7(10)13/h4-8,11-14H,2-3H2,1H3,(H,15,16). The number of aliphatic carboxylic acids is 1. The highest BCUT2D eigenvalue weighted by Crippen LogP contribution is 2.24. The Morgan fingerprint density at radius 1 is 1.44 bits per heavy atom. The summed E-state index contributed by atoms with van der Waals surface area (Å²) >= 11 is 0. The maximum atomic E-state index is 10.8. The van der Waals surface area contributed by atoms with Crippen molar-refractivity contribution in [2.24, 2.45) is 0 Å². The number of carboxylic acids is 1. The molecule has 7 heteroatoms. The van der Waals surface area contributed by atoms with Crippen LogP contribution in [0.25, 0.3) is 0 Å². The van der Waals surface area contributed by atoms with Gasteiger partial charge in [0.25, 0.3) is 0 Å². The van der Waals surface area contributed by atoms with Gasteiger partial charge in [-0.2, -0.15) is 0 Å². The van der Waals surface area contributed by atoms with Crippen molar-refractivity contribution in [3.63, 3.8) is 0 Å². The SMILES string of the molecule is CC(C(=O)O)N1C(O)CC(O)C(O)C1CO. The zero-order valence-corrected chi connectivity index (χ0v) is 8.89. The molecule has 0 radical (unpaired) electrons. The van der Waals surface area contributed by atoms with Crippen molar-refractivity contribution in [3.05, 3.63) is 0 Å². The van der Waals surface area contributed by atoms with Crippen LogP contribution in [0.15, 0.2) is 0 Å². The fourth-order valence-electron chi connectivity index (χ4n) is 2.01. The lowest BCUT2D eigenvalue weighted by atomic mass is 9.93. The van der Waals surface area contributed by atoms with Gasteiger partial charge in [0, 0.05) is 6.42 Å². The van der Waals surface area contributed by atoms with Gasteiger partial charge in [-0.1, -0.05) is 0 Å². The highest BCUT2D eigenvalue weighted by molar-refractivity contribution is 5.73. The number of rotatable bonds is 3. The van der Waals surface area contributed by atoms with Crippen LogP contribution in [0.5, 0.6) is 0 Å². The minimum Gasteiger partial charge on any atom is -0.480 e. The van der Waals surface area contributed by atoms with E-state index in [2.05, 4.69) is 0 Å². The van der Waals surface area contributed by atoms with Crippen LogP contribution in [-0.2, 0) is 4.79 Å². The summed E-state index contributed by atoms with van der Waals surface area (Å²) in [5.41, 5.74) is 0. The van der Waals surface area contributed by atoms with Crippen molar-refractivity contribution >= 4 is 5.97 Å². The summed E-state index contributed by atoms with van der Waals surface area (Å²) in [7, 11) is 0. The maximum absolute atomic E-state index is 10.8. The first-order chi connectivity index (χ1) is 7.40. The van der Waals surface area contributed by atoms with E-state index >= 15 is 0 Å². The lowest BCUT2D eigenvalue weighted by Crippen LogP contribution is -2.64. The molecule has 0 aromatic rings. The van der Waals surface area contributed by atoms with Crippen molar-refractivity contribution in [2.45, 2.75) is 43.9 Å². The van der Waals surface area contributed by atoms with Gasteiger partial charge in [-0.3, -0.25) is 9.69 Å². The van der Waals surface area contributed by atoms with Crippen LogP contribution in [0, 0.1) is 0 Å². The van der Waals surface area contributed by atoms with Crippen LogP contribution in [-0.4, -0.2) is 73.5 Å². The van der Waals surface area contributed by atoms with Crippen LogP contribution >= 0.6 is 0 Å². The monoisotopic (exact) mass is 235 g/mol. The van der Waals surface area contributed by atoms with Crippen molar-refractivity contribution in [3.8, 4) is 0 Å². The Morgan fingerprint density at radius 3 is 2.44 bits per heavy atom. The van der Waals surface area contributed by atoms with Gasteiger partial charge in [0.2, 0.25) is 0 Å². The summed E-state index contributed by atoms with van der Waals surface area (Å²) in [6.07, 6.45) is -3.77. The molecule has 0 aromatic heterocycles. The molecule has 5 atom stereocenters.